The molecule has 0 fully saturated rings. The normalized spacial score (nSPS) is 14.1. The van der Waals surface area contributed by atoms with Crippen molar-refractivity contribution < 1.29 is 4.74 Å². The molecule has 1 aromatic carbocycles. The Morgan fingerprint density at radius 3 is 3.05 bits per heavy atom. The zero-order valence-corrected chi connectivity index (χ0v) is 10.8. The van der Waals surface area contributed by atoms with Crippen LogP contribution in [0.2, 0.25) is 0 Å². The Balaban J connectivity index is 1.89. The first-order valence-corrected chi connectivity index (χ1v) is 6.25. The molecule has 1 aliphatic rings. The number of benzene rings is 1. The third-order valence-corrected chi connectivity index (χ3v) is 3.44. The number of fused-ring (bicyclic) bond motifs is 1. The van der Waals surface area contributed by atoms with Gasteiger partial charge in [-0.1, -0.05) is 12.1 Å². The molecule has 5 nitrogen and oxygen atoms in total. The lowest BCUT2D eigenvalue weighted by molar-refractivity contribution is 0.395. The number of hydrogen-bond acceptors (Lipinski definition) is 5. The summed E-state index contributed by atoms with van der Waals surface area (Å²) in [6.45, 7) is 1.70. The van der Waals surface area contributed by atoms with E-state index in [-0.39, 0.29) is 0 Å². The summed E-state index contributed by atoms with van der Waals surface area (Å²) in [5.74, 6) is 1.38. The first-order valence-electron chi connectivity index (χ1n) is 6.25. The number of anilines is 2. The van der Waals surface area contributed by atoms with Crippen molar-refractivity contribution in [2.45, 2.75) is 13.0 Å². The minimum Gasteiger partial charge on any atom is -0.480 e. The SMILES string of the molecule is COc1cncc(N2CCc3c(N)cccc3C2)n1. The monoisotopic (exact) mass is 256 g/mol. The number of nitrogen functional groups attached to an aromatic ring is 1. The van der Waals surface area contributed by atoms with Crippen molar-refractivity contribution in [3.63, 3.8) is 0 Å². The van der Waals surface area contributed by atoms with Crippen molar-refractivity contribution in [1.82, 2.24) is 9.97 Å². The fraction of sp³-hybridized carbons (Fsp3) is 0.286. The third kappa shape index (κ3) is 2.19. The van der Waals surface area contributed by atoms with Crippen molar-refractivity contribution in [3.8, 4) is 5.88 Å². The highest BCUT2D eigenvalue weighted by atomic mass is 16.5. The number of aromatic nitrogens is 2. The van der Waals surface area contributed by atoms with Crippen LogP contribution in [0.1, 0.15) is 11.1 Å². The number of methoxy groups -OCH3 is 1. The lowest BCUT2D eigenvalue weighted by Crippen LogP contribution is -2.31. The van der Waals surface area contributed by atoms with Gasteiger partial charge in [0.2, 0.25) is 5.88 Å². The Bertz CT molecular complexity index is 600. The highest BCUT2D eigenvalue weighted by Gasteiger charge is 2.19. The summed E-state index contributed by atoms with van der Waals surface area (Å²) in [6, 6.07) is 6.07. The minimum absolute atomic E-state index is 0.538. The van der Waals surface area contributed by atoms with Crippen molar-refractivity contribution in [1.29, 1.82) is 0 Å². The van der Waals surface area contributed by atoms with Gasteiger partial charge >= 0.3 is 0 Å². The Kier molecular flexibility index (Phi) is 2.95. The number of hydrogen-bond donors (Lipinski definition) is 1. The zero-order chi connectivity index (χ0) is 13.2. The number of rotatable bonds is 2. The molecule has 0 radical (unpaired) electrons. The van der Waals surface area contributed by atoms with E-state index in [0.29, 0.717) is 5.88 Å². The second-order valence-electron chi connectivity index (χ2n) is 4.58. The molecule has 0 spiro atoms. The fourth-order valence-electron chi connectivity index (χ4n) is 2.42. The van der Waals surface area contributed by atoms with Crippen LogP contribution in [0.15, 0.2) is 30.6 Å². The van der Waals surface area contributed by atoms with Gasteiger partial charge in [0.1, 0.15) is 0 Å². The molecule has 0 saturated carbocycles. The molecule has 2 N–H and O–H groups in total. The molecule has 2 heterocycles. The number of nitrogens with two attached hydrogens (primary N) is 1. The van der Waals surface area contributed by atoms with Gasteiger partial charge in [0, 0.05) is 18.8 Å². The van der Waals surface area contributed by atoms with E-state index < -0.39 is 0 Å². The van der Waals surface area contributed by atoms with E-state index in [9.17, 15) is 0 Å². The van der Waals surface area contributed by atoms with Gasteiger partial charge in [0.05, 0.1) is 19.5 Å². The first-order chi connectivity index (χ1) is 9.28. The quantitative estimate of drug-likeness (QED) is 0.827. The van der Waals surface area contributed by atoms with Crippen LogP contribution in [0, 0.1) is 0 Å². The number of nitrogens with zero attached hydrogens (tertiary/aromatic N) is 3. The van der Waals surface area contributed by atoms with Crippen LogP contribution in [-0.4, -0.2) is 23.6 Å². The van der Waals surface area contributed by atoms with Gasteiger partial charge < -0.3 is 15.4 Å². The van der Waals surface area contributed by atoms with Crippen LogP contribution in [0.5, 0.6) is 5.88 Å². The minimum atomic E-state index is 0.538. The van der Waals surface area contributed by atoms with Crippen molar-refractivity contribution >= 4 is 11.5 Å². The maximum atomic E-state index is 6.00. The van der Waals surface area contributed by atoms with Gasteiger partial charge in [0.25, 0.3) is 0 Å². The van der Waals surface area contributed by atoms with Gasteiger partial charge in [-0.2, -0.15) is 4.98 Å². The average molecular weight is 256 g/mol. The molecule has 0 aliphatic carbocycles. The van der Waals surface area contributed by atoms with Crippen LogP contribution >= 0.6 is 0 Å². The standard InChI is InChI=1S/C14H16N4O/c1-19-14-8-16-7-13(17-14)18-6-5-11-10(9-18)3-2-4-12(11)15/h2-4,7-8H,5-6,9,15H2,1H3. The van der Waals surface area contributed by atoms with Crippen LogP contribution in [0.3, 0.4) is 0 Å². The lowest BCUT2D eigenvalue weighted by atomic mass is 9.98. The molecule has 0 saturated heterocycles. The molecule has 3 rings (SSSR count). The van der Waals surface area contributed by atoms with E-state index in [4.69, 9.17) is 10.5 Å². The molecule has 0 bridgehead atoms. The second kappa shape index (κ2) is 4.76. The molecule has 1 aliphatic heterocycles. The van der Waals surface area contributed by atoms with Gasteiger partial charge in [-0.05, 0) is 23.6 Å². The predicted octanol–water partition coefficient (Wildman–Crippen LogP) is 1.63. The summed E-state index contributed by atoms with van der Waals surface area (Å²) < 4.78 is 5.11. The predicted molar refractivity (Wildman–Crippen MR) is 74.2 cm³/mol. The van der Waals surface area contributed by atoms with Crippen LogP contribution in [-0.2, 0) is 13.0 Å². The van der Waals surface area contributed by atoms with E-state index in [1.54, 1.807) is 19.5 Å². The van der Waals surface area contributed by atoms with Gasteiger partial charge in [-0.15, -0.1) is 0 Å². The molecule has 0 atom stereocenters. The van der Waals surface area contributed by atoms with Crippen LogP contribution in [0.4, 0.5) is 11.5 Å². The van der Waals surface area contributed by atoms with Crippen molar-refractivity contribution in [3.05, 3.63) is 41.7 Å². The summed E-state index contributed by atoms with van der Waals surface area (Å²) in [6.07, 6.45) is 4.31. The van der Waals surface area contributed by atoms with E-state index in [2.05, 4.69) is 20.9 Å². The maximum absolute atomic E-state index is 6.00. The fourth-order valence-corrected chi connectivity index (χ4v) is 2.42. The summed E-state index contributed by atoms with van der Waals surface area (Å²) >= 11 is 0. The largest absolute Gasteiger partial charge is 0.480 e. The Hall–Kier alpha value is -2.30. The highest BCUT2D eigenvalue weighted by molar-refractivity contribution is 5.54. The molecular formula is C14H16N4O. The Labute approximate surface area is 112 Å². The van der Waals surface area contributed by atoms with Crippen molar-refractivity contribution in [2.75, 3.05) is 24.3 Å². The molecule has 2 aromatic rings. The maximum Gasteiger partial charge on any atom is 0.233 e. The number of ether oxygens (including phenoxy) is 1. The zero-order valence-electron chi connectivity index (χ0n) is 10.8. The molecular weight excluding hydrogens is 240 g/mol. The molecule has 0 unspecified atom stereocenters. The molecule has 19 heavy (non-hydrogen) atoms. The van der Waals surface area contributed by atoms with E-state index >= 15 is 0 Å². The smallest absolute Gasteiger partial charge is 0.233 e. The Morgan fingerprint density at radius 1 is 1.32 bits per heavy atom. The first kappa shape index (κ1) is 11.8. The third-order valence-electron chi connectivity index (χ3n) is 3.44. The molecule has 5 heteroatoms. The van der Waals surface area contributed by atoms with Gasteiger partial charge in [0.15, 0.2) is 5.82 Å². The summed E-state index contributed by atoms with van der Waals surface area (Å²) in [7, 11) is 1.60. The highest BCUT2D eigenvalue weighted by Crippen LogP contribution is 2.27. The van der Waals surface area contributed by atoms with Gasteiger partial charge in [-0.25, -0.2) is 0 Å². The molecule has 0 amide bonds. The van der Waals surface area contributed by atoms with E-state index in [0.717, 1.165) is 31.0 Å². The topological polar surface area (TPSA) is 64.3 Å². The average Bonchev–Trinajstić information content (AvgIpc) is 2.47. The summed E-state index contributed by atoms with van der Waals surface area (Å²) in [4.78, 5) is 10.8. The molecule has 98 valence electrons. The van der Waals surface area contributed by atoms with E-state index in [1.807, 2.05) is 12.1 Å². The summed E-state index contributed by atoms with van der Waals surface area (Å²) in [5.41, 5.74) is 9.41. The summed E-state index contributed by atoms with van der Waals surface area (Å²) in [5, 5.41) is 0. The van der Waals surface area contributed by atoms with Crippen molar-refractivity contribution in [2.24, 2.45) is 0 Å². The van der Waals surface area contributed by atoms with E-state index in [1.165, 1.54) is 11.1 Å². The van der Waals surface area contributed by atoms with Crippen LogP contribution in [0.25, 0.3) is 0 Å². The molecule has 1 aromatic heterocycles. The van der Waals surface area contributed by atoms with Crippen LogP contribution < -0.4 is 15.4 Å². The second-order valence-corrected chi connectivity index (χ2v) is 4.58. The van der Waals surface area contributed by atoms with Gasteiger partial charge in [-0.3, -0.25) is 4.98 Å². The lowest BCUT2D eigenvalue weighted by Gasteiger charge is -2.30. The Morgan fingerprint density at radius 2 is 2.21 bits per heavy atom.